The molecule has 3 atom stereocenters. The molecule has 0 amide bonds. The van der Waals surface area contributed by atoms with Gasteiger partial charge in [0.05, 0.1) is 0 Å². The number of likely N-dealkylation sites (tertiary alicyclic amines) is 1. The van der Waals surface area contributed by atoms with Crippen LogP contribution in [0.3, 0.4) is 0 Å². The molecule has 1 aromatic rings. The van der Waals surface area contributed by atoms with Gasteiger partial charge >= 0.3 is 0 Å². The van der Waals surface area contributed by atoms with Gasteiger partial charge in [0.1, 0.15) is 0 Å². The molecule has 1 saturated heterocycles. The van der Waals surface area contributed by atoms with Crippen LogP contribution < -0.4 is 5.73 Å². The van der Waals surface area contributed by atoms with Gasteiger partial charge in [-0.1, -0.05) is 25.5 Å². The summed E-state index contributed by atoms with van der Waals surface area (Å²) in [4.78, 5) is 3.93. The molecule has 2 nitrogen and oxygen atoms in total. The maximum atomic E-state index is 6.20. The summed E-state index contributed by atoms with van der Waals surface area (Å²) in [6, 6.07) is 9.88. The van der Waals surface area contributed by atoms with Crippen LogP contribution in [0.15, 0.2) is 29.2 Å². The van der Waals surface area contributed by atoms with E-state index in [1.54, 1.807) is 11.8 Å². The maximum absolute atomic E-state index is 6.20. The van der Waals surface area contributed by atoms with Gasteiger partial charge in [-0.2, -0.15) is 0 Å². The van der Waals surface area contributed by atoms with Crippen LogP contribution in [0.1, 0.15) is 38.3 Å². The Kier molecular flexibility index (Phi) is 5.31. The lowest BCUT2D eigenvalue weighted by Crippen LogP contribution is -2.47. The molecule has 19 heavy (non-hydrogen) atoms. The summed E-state index contributed by atoms with van der Waals surface area (Å²) in [5.41, 5.74) is 7.62. The predicted molar refractivity (Wildman–Crippen MR) is 84.6 cm³/mol. The van der Waals surface area contributed by atoms with Crippen molar-refractivity contribution < 1.29 is 0 Å². The first-order chi connectivity index (χ1) is 9.15. The molecule has 0 aliphatic carbocycles. The van der Waals surface area contributed by atoms with Gasteiger partial charge in [0.2, 0.25) is 0 Å². The first-order valence-electron chi connectivity index (χ1n) is 7.29. The quantitative estimate of drug-likeness (QED) is 0.854. The van der Waals surface area contributed by atoms with Crippen LogP contribution in [0.4, 0.5) is 0 Å². The second-order valence-corrected chi connectivity index (χ2v) is 6.44. The lowest BCUT2D eigenvalue weighted by atomic mass is 9.89. The van der Waals surface area contributed by atoms with Crippen molar-refractivity contribution in [3.8, 4) is 0 Å². The van der Waals surface area contributed by atoms with E-state index in [0.29, 0.717) is 18.0 Å². The molecule has 1 heterocycles. The zero-order chi connectivity index (χ0) is 13.8. The average Bonchev–Trinajstić information content (AvgIpc) is 2.47. The Labute approximate surface area is 121 Å². The minimum atomic E-state index is 0.396. The highest BCUT2D eigenvalue weighted by Crippen LogP contribution is 2.28. The Morgan fingerprint density at radius 1 is 1.37 bits per heavy atom. The van der Waals surface area contributed by atoms with Gasteiger partial charge in [-0.15, -0.1) is 11.8 Å². The standard InChI is InChI=1S/C16H26N2S/c1-4-13-11-18(10-9-16(13)17)12(2)14-5-7-15(19-3)8-6-14/h5-8,12-13,16H,4,9-11,17H2,1-3H3. The molecule has 3 unspecified atom stereocenters. The summed E-state index contributed by atoms with van der Waals surface area (Å²) in [6.07, 6.45) is 4.44. The highest BCUT2D eigenvalue weighted by atomic mass is 32.2. The largest absolute Gasteiger partial charge is 0.327 e. The van der Waals surface area contributed by atoms with Crippen LogP contribution in [0.25, 0.3) is 0 Å². The van der Waals surface area contributed by atoms with E-state index in [-0.39, 0.29) is 0 Å². The smallest absolute Gasteiger partial charge is 0.0320 e. The van der Waals surface area contributed by atoms with E-state index in [2.05, 4.69) is 49.3 Å². The summed E-state index contributed by atoms with van der Waals surface area (Å²) in [5.74, 6) is 0.654. The predicted octanol–water partition coefficient (Wildman–Crippen LogP) is 3.53. The summed E-state index contributed by atoms with van der Waals surface area (Å²) in [6.45, 7) is 6.84. The van der Waals surface area contributed by atoms with Crippen molar-refractivity contribution in [2.24, 2.45) is 11.7 Å². The number of rotatable bonds is 4. The third-order valence-electron chi connectivity index (χ3n) is 4.49. The first kappa shape index (κ1) is 14.9. The Morgan fingerprint density at radius 3 is 2.63 bits per heavy atom. The molecule has 2 rings (SSSR count). The second kappa shape index (κ2) is 6.78. The SMILES string of the molecule is CCC1CN(C(C)c2ccc(SC)cc2)CCC1N. The molecule has 1 fully saturated rings. The lowest BCUT2D eigenvalue weighted by Gasteiger charge is -2.40. The fourth-order valence-corrected chi connectivity index (χ4v) is 3.36. The molecule has 1 aliphatic rings. The lowest BCUT2D eigenvalue weighted by molar-refractivity contribution is 0.114. The highest BCUT2D eigenvalue weighted by Gasteiger charge is 2.28. The first-order valence-corrected chi connectivity index (χ1v) is 8.51. The van der Waals surface area contributed by atoms with Gasteiger partial charge in [0.25, 0.3) is 0 Å². The van der Waals surface area contributed by atoms with Crippen LogP contribution in [0.2, 0.25) is 0 Å². The molecule has 3 heteroatoms. The monoisotopic (exact) mass is 278 g/mol. The zero-order valence-electron chi connectivity index (χ0n) is 12.3. The second-order valence-electron chi connectivity index (χ2n) is 5.56. The van der Waals surface area contributed by atoms with Crippen molar-refractivity contribution >= 4 is 11.8 Å². The van der Waals surface area contributed by atoms with Crippen molar-refractivity contribution in [1.82, 2.24) is 4.90 Å². The van der Waals surface area contributed by atoms with E-state index in [0.717, 1.165) is 19.5 Å². The molecule has 0 aromatic heterocycles. The van der Waals surface area contributed by atoms with Crippen molar-refractivity contribution in [2.45, 2.75) is 43.7 Å². The van der Waals surface area contributed by atoms with E-state index in [1.165, 1.54) is 16.9 Å². The van der Waals surface area contributed by atoms with Crippen LogP contribution in [-0.4, -0.2) is 30.3 Å². The number of benzene rings is 1. The topological polar surface area (TPSA) is 29.3 Å². The molecule has 0 radical (unpaired) electrons. The van der Waals surface area contributed by atoms with E-state index in [9.17, 15) is 0 Å². The molecule has 106 valence electrons. The highest BCUT2D eigenvalue weighted by molar-refractivity contribution is 7.98. The molecule has 0 saturated carbocycles. The number of hydrogen-bond acceptors (Lipinski definition) is 3. The molecule has 0 spiro atoms. The van der Waals surface area contributed by atoms with Crippen molar-refractivity contribution in [3.63, 3.8) is 0 Å². The van der Waals surface area contributed by atoms with Gasteiger partial charge in [-0.05, 0) is 43.2 Å². The maximum Gasteiger partial charge on any atom is 0.0320 e. The normalized spacial score (nSPS) is 26.3. The van der Waals surface area contributed by atoms with Crippen molar-refractivity contribution in [1.29, 1.82) is 0 Å². The Balaban J connectivity index is 2.04. The molecule has 2 N–H and O–H groups in total. The number of piperidine rings is 1. The van der Waals surface area contributed by atoms with E-state index in [1.807, 2.05) is 0 Å². The van der Waals surface area contributed by atoms with Crippen molar-refractivity contribution in [3.05, 3.63) is 29.8 Å². The van der Waals surface area contributed by atoms with Gasteiger partial charge < -0.3 is 5.73 Å². The minimum absolute atomic E-state index is 0.396. The Hall–Kier alpha value is -0.510. The van der Waals surface area contributed by atoms with Gasteiger partial charge in [-0.25, -0.2) is 0 Å². The molecule has 0 bridgehead atoms. The van der Waals surface area contributed by atoms with E-state index >= 15 is 0 Å². The third-order valence-corrected chi connectivity index (χ3v) is 5.24. The molecular formula is C16H26N2S. The summed E-state index contributed by atoms with van der Waals surface area (Å²) in [5, 5.41) is 0. The molecule has 1 aromatic carbocycles. The summed E-state index contributed by atoms with van der Waals surface area (Å²) < 4.78 is 0. The number of hydrogen-bond donors (Lipinski definition) is 1. The Morgan fingerprint density at radius 2 is 2.05 bits per heavy atom. The average molecular weight is 278 g/mol. The molecule has 1 aliphatic heterocycles. The van der Waals surface area contributed by atoms with Crippen LogP contribution >= 0.6 is 11.8 Å². The van der Waals surface area contributed by atoms with Crippen molar-refractivity contribution in [2.75, 3.05) is 19.3 Å². The summed E-state index contributed by atoms with van der Waals surface area (Å²) >= 11 is 1.80. The number of thioether (sulfide) groups is 1. The van der Waals surface area contributed by atoms with Crippen LogP contribution in [0, 0.1) is 5.92 Å². The van der Waals surface area contributed by atoms with Gasteiger partial charge in [-0.3, -0.25) is 4.90 Å². The van der Waals surface area contributed by atoms with Gasteiger partial charge in [0, 0.05) is 30.1 Å². The van der Waals surface area contributed by atoms with Gasteiger partial charge in [0.15, 0.2) is 0 Å². The third kappa shape index (κ3) is 3.53. The molecular weight excluding hydrogens is 252 g/mol. The van der Waals surface area contributed by atoms with E-state index in [4.69, 9.17) is 5.73 Å². The minimum Gasteiger partial charge on any atom is -0.327 e. The number of nitrogens with zero attached hydrogens (tertiary/aromatic N) is 1. The summed E-state index contributed by atoms with van der Waals surface area (Å²) in [7, 11) is 0. The number of nitrogens with two attached hydrogens (primary N) is 1. The fraction of sp³-hybridized carbons (Fsp3) is 0.625. The van der Waals surface area contributed by atoms with Crippen LogP contribution in [-0.2, 0) is 0 Å². The fourth-order valence-electron chi connectivity index (χ4n) is 2.96. The van der Waals surface area contributed by atoms with E-state index < -0.39 is 0 Å². The Bertz CT molecular complexity index is 390. The zero-order valence-corrected chi connectivity index (χ0v) is 13.1. The van der Waals surface area contributed by atoms with Crippen LogP contribution in [0.5, 0.6) is 0 Å².